The van der Waals surface area contributed by atoms with Crippen LogP contribution in [-0.2, 0) is 5.41 Å². The second kappa shape index (κ2) is 10.7. The van der Waals surface area contributed by atoms with Crippen molar-refractivity contribution in [2.45, 2.75) is 26.2 Å². The summed E-state index contributed by atoms with van der Waals surface area (Å²) >= 11 is 0. The van der Waals surface area contributed by atoms with E-state index < -0.39 is 0 Å². The zero-order chi connectivity index (χ0) is 33.6. The molecule has 0 N–H and O–H groups in total. The van der Waals surface area contributed by atoms with E-state index in [4.69, 9.17) is 0 Å². The molecule has 0 bridgehead atoms. The summed E-state index contributed by atoms with van der Waals surface area (Å²) in [5.41, 5.74) is 13.9. The van der Waals surface area contributed by atoms with E-state index in [9.17, 15) is 0 Å². The molecular formula is C48H36N2. The first-order chi connectivity index (χ1) is 24.4. The van der Waals surface area contributed by atoms with Crippen molar-refractivity contribution in [3.63, 3.8) is 0 Å². The van der Waals surface area contributed by atoms with E-state index in [-0.39, 0.29) is 5.41 Å². The molecule has 1 aromatic heterocycles. The van der Waals surface area contributed by atoms with Crippen LogP contribution in [0, 0.1) is 0 Å². The highest BCUT2D eigenvalue weighted by atomic mass is 15.1. The quantitative estimate of drug-likeness (QED) is 0.186. The summed E-state index contributed by atoms with van der Waals surface area (Å²) in [5, 5.41) is 7.61. The average Bonchev–Trinajstić information content (AvgIpc) is 3.48. The monoisotopic (exact) mass is 640 g/mol. The van der Waals surface area contributed by atoms with E-state index >= 15 is 0 Å². The van der Waals surface area contributed by atoms with Gasteiger partial charge in [0.25, 0.3) is 0 Å². The van der Waals surface area contributed by atoms with Crippen molar-refractivity contribution in [3.8, 4) is 27.9 Å². The Morgan fingerprint density at radius 2 is 0.880 bits per heavy atom. The van der Waals surface area contributed by atoms with Gasteiger partial charge in [0.05, 0.1) is 11.0 Å². The van der Waals surface area contributed by atoms with E-state index in [2.05, 4.69) is 194 Å². The van der Waals surface area contributed by atoms with Gasteiger partial charge in [-0.1, -0.05) is 99.6 Å². The molecule has 50 heavy (non-hydrogen) atoms. The Morgan fingerprint density at radius 3 is 1.48 bits per heavy atom. The summed E-state index contributed by atoms with van der Waals surface area (Å²) < 4.78 is 2.40. The molecule has 0 radical (unpaired) electrons. The molecule has 0 unspecified atom stereocenters. The Hall–Kier alpha value is -6.12. The standard InChI is InChI=1S/C48H36N2/c1-48(2,3)35-19-23-37(24-20-35)49(36-11-5-4-6-12-36)38-21-17-31-27-42-44(29-33(31)25-38)43-28-32-18-22-39(26-34(32)30-45(42)43)50-46-15-9-7-13-40(46)41-14-8-10-16-47(41)50/h4-30H,1-3H3. The predicted molar refractivity (Wildman–Crippen MR) is 214 cm³/mol. The maximum atomic E-state index is 2.40. The Bertz CT molecular complexity index is 2730. The van der Waals surface area contributed by atoms with Crippen LogP contribution in [0.2, 0.25) is 0 Å². The molecule has 8 aromatic carbocycles. The lowest BCUT2D eigenvalue weighted by Crippen LogP contribution is -2.13. The van der Waals surface area contributed by atoms with Crippen molar-refractivity contribution in [2.24, 2.45) is 0 Å². The fraction of sp³-hybridized carbons (Fsp3) is 0.0833. The van der Waals surface area contributed by atoms with E-state index in [1.807, 2.05) is 0 Å². The highest BCUT2D eigenvalue weighted by molar-refractivity contribution is 6.13. The van der Waals surface area contributed by atoms with Crippen molar-refractivity contribution >= 4 is 60.4 Å². The van der Waals surface area contributed by atoms with Gasteiger partial charge in [0.15, 0.2) is 0 Å². The molecule has 1 aliphatic rings. The minimum Gasteiger partial charge on any atom is -0.310 e. The molecule has 2 heteroatoms. The predicted octanol–water partition coefficient (Wildman–Crippen LogP) is 13.5. The number of para-hydroxylation sites is 3. The Labute approximate surface area is 292 Å². The molecule has 0 aliphatic heterocycles. The number of nitrogens with zero attached hydrogens (tertiary/aromatic N) is 2. The number of rotatable bonds is 4. The largest absolute Gasteiger partial charge is 0.310 e. The molecule has 9 aromatic rings. The third-order valence-corrected chi connectivity index (χ3v) is 10.6. The minimum atomic E-state index is 0.108. The molecule has 0 spiro atoms. The van der Waals surface area contributed by atoms with Crippen LogP contribution < -0.4 is 4.90 Å². The van der Waals surface area contributed by atoms with Crippen molar-refractivity contribution in [3.05, 3.63) is 169 Å². The van der Waals surface area contributed by atoms with E-state index in [1.54, 1.807) is 0 Å². The number of hydrogen-bond acceptors (Lipinski definition) is 1. The molecule has 10 rings (SSSR count). The first-order valence-electron chi connectivity index (χ1n) is 17.5. The van der Waals surface area contributed by atoms with E-state index in [1.165, 1.54) is 76.9 Å². The van der Waals surface area contributed by atoms with Crippen LogP contribution >= 0.6 is 0 Å². The number of hydrogen-bond donors (Lipinski definition) is 0. The van der Waals surface area contributed by atoms with Crippen molar-refractivity contribution in [2.75, 3.05) is 4.90 Å². The van der Waals surface area contributed by atoms with Crippen molar-refractivity contribution in [1.82, 2.24) is 4.57 Å². The molecule has 0 atom stereocenters. The van der Waals surface area contributed by atoms with Gasteiger partial charge < -0.3 is 9.47 Å². The number of aromatic nitrogens is 1. The molecule has 0 fully saturated rings. The van der Waals surface area contributed by atoms with Crippen LogP contribution in [-0.4, -0.2) is 4.57 Å². The SMILES string of the molecule is CC(C)(C)c1ccc(N(c2ccccc2)c2ccc3cc4c(cc3c2)-c2cc3ccc(-n5c6ccccc6c6ccccc65)cc3cc2-4)cc1. The summed E-state index contributed by atoms with van der Waals surface area (Å²) in [6, 6.07) is 60.5. The van der Waals surface area contributed by atoms with Gasteiger partial charge in [-0.25, -0.2) is 0 Å². The number of anilines is 3. The third kappa shape index (κ3) is 4.42. The van der Waals surface area contributed by atoms with E-state index in [0.717, 1.165) is 17.1 Å². The molecule has 0 saturated carbocycles. The van der Waals surface area contributed by atoms with Gasteiger partial charge in [-0.15, -0.1) is 0 Å². The van der Waals surface area contributed by atoms with Crippen LogP contribution in [0.25, 0.3) is 71.3 Å². The molecule has 1 heterocycles. The van der Waals surface area contributed by atoms with Crippen LogP contribution in [0.15, 0.2) is 164 Å². The normalized spacial score (nSPS) is 12.3. The highest BCUT2D eigenvalue weighted by Gasteiger charge is 2.25. The van der Waals surface area contributed by atoms with Crippen LogP contribution in [0.4, 0.5) is 17.1 Å². The molecule has 238 valence electrons. The summed E-state index contributed by atoms with van der Waals surface area (Å²) in [5.74, 6) is 0. The summed E-state index contributed by atoms with van der Waals surface area (Å²) in [7, 11) is 0. The van der Waals surface area contributed by atoms with Gasteiger partial charge in [-0.3, -0.25) is 0 Å². The smallest absolute Gasteiger partial charge is 0.0541 e. The molecule has 0 saturated heterocycles. The lowest BCUT2D eigenvalue weighted by Gasteiger charge is -2.28. The molecular weight excluding hydrogens is 605 g/mol. The van der Waals surface area contributed by atoms with Crippen molar-refractivity contribution < 1.29 is 0 Å². The molecule has 2 nitrogen and oxygen atoms in total. The molecule has 1 aliphatic carbocycles. The highest BCUT2D eigenvalue weighted by Crippen LogP contribution is 2.51. The summed E-state index contributed by atoms with van der Waals surface area (Å²) in [6.45, 7) is 6.80. The maximum Gasteiger partial charge on any atom is 0.0541 e. The van der Waals surface area contributed by atoms with Crippen LogP contribution in [0.1, 0.15) is 26.3 Å². The fourth-order valence-electron chi connectivity index (χ4n) is 8.01. The Morgan fingerprint density at radius 1 is 0.400 bits per heavy atom. The third-order valence-electron chi connectivity index (χ3n) is 10.6. The van der Waals surface area contributed by atoms with Gasteiger partial charge in [0.1, 0.15) is 0 Å². The lowest BCUT2D eigenvalue weighted by molar-refractivity contribution is 0.590. The van der Waals surface area contributed by atoms with Gasteiger partial charge in [-0.05, 0) is 140 Å². The van der Waals surface area contributed by atoms with Crippen molar-refractivity contribution in [1.29, 1.82) is 0 Å². The Kier molecular flexibility index (Phi) is 6.17. The average molecular weight is 641 g/mol. The number of fused-ring (bicyclic) bond motifs is 9. The second-order valence-corrected chi connectivity index (χ2v) is 14.7. The van der Waals surface area contributed by atoms with Gasteiger partial charge in [0.2, 0.25) is 0 Å². The Balaban J connectivity index is 1.05. The van der Waals surface area contributed by atoms with Gasteiger partial charge in [0, 0.05) is 33.5 Å². The lowest BCUT2D eigenvalue weighted by atomic mass is 9.78. The van der Waals surface area contributed by atoms with Gasteiger partial charge in [-0.2, -0.15) is 0 Å². The van der Waals surface area contributed by atoms with Crippen LogP contribution in [0.5, 0.6) is 0 Å². The maximum absolute atomic E-state index is 2.40. The number of benzene rings is 8. The zero-order valence-corrected chi connectivity index (χ0v) is 28.5. The fourth-order valence-corrected chi connectivity index (χ4v) is 8.01. The first kappa shape index (κ1) is 28.9. The van der Waals surface area contributed by atoms with Gasteiger partial charge >= 0.3 is 0 Å². The first-order valence-corrected chi connectivity index (χ1v) is 17.5. The zero-order valence-electron chi connectivity index (χ0n) is 28.5. The summed E-state index contributed by atoms with van der Waals surface area (Å²) in [4.78, 5) is 2.36. The topological polar surface area (TPSA) is 8.17 Å². The van der Waals surface area contributed by atoms with E-state index in [0.29, 0.717) is 0 Å². The van der Waals surface area contributed by atoms with Crippen LogP contribution in [0.3, 0.4) is 0 Å². The minimum absolute atomic E-state index is 0.108. The summed E-state index contributed by atoms with van der Waals surface area (Å²) in [6.07, 6.45) is 0. The molecule has 0 amide bonds. The second-order valence-electron chi connectivity index (χ2n) is 14.7.